The Hall–Kier alpha value is -0.900. The van der Waals surface area contributed by atoms with Crippen LogP contribution in [-0.2, 0) is 0 Å². The average molecular weight is 262 g/mol. The maximum atomic E-state index is 10.4. The fraction of sp³-hybridized carbons (Fsp3) is 0.400. The number of nitro groups is 1. The molecule has 0 N–H and O–H groups in total. The summed E-state index contributed by atoms with van der Waals surface area (Å²) in [6, 6.07) is 0. The highest BCUT2D eigenvalue weighted by Gasteiger charge is 2.10. The van der Waals surface area contributed by atoms with Gasteiger partial charge in [0.25, 0.3) is 5.70 Å². The van der Waals surface area contributed by atoms with E-state index in [1.165, 1.54) is 6.08 Å². The van der Waals surface area contributed by atoms with E-state index in [1.54, 1.807) is 19.9 Å². The van der Waals surface area contributed by atoms with Gasteiger partial charge in [0.2, 0.25) is 0 Å². The first-order chi connectivity index (χ1) is 6.49. The molecule has 0 rings (SSSR count). The number of hydrogen-bond donors (Lipinski definition) is 0. The van der Waals surface area contributed by atoms with E-state index < -0.39 is 4.92 Å². The lowest BCUT2D eigenvalue weighted by Crippen LogP contribution is -1.99. The lowest BCUT2D eigenvalue weighted by atomic mass is 10.2. The van der Waals surface area contributed by atoms with Crippen molar-refractivity contribution in [3.8, 4) is 0 Å². The van der Waals surface area contributed by atoms with E-state index in [2.05, 4.69) is 22.5 Å². The predicted molar refractivity (Wildman–Crippen MR) is 63.9 cm³/mol. The minimum atomic E-state index is -0.451. The van der Waals surface area contributed by atoms with Crippen molar-refractivity contribution >= 4 is 15.9 Å². The van der Waals surface area contributed by atoms with Gasteiger partial charge < -0.3 is 0 Å². The summed E-state index contributed by atoms with van der Waals surface area (Å²) in [6.45, 7) is 10.9. The quantitative estimate of drug-likeness (QED) is 0.437. The van der Waals surface area contributed by atoms with Crippen LogP contribution in [0.3, 0.4) is 0 Å². The summed E-state index contributed by atoms with van der Waals surface area (Å²) in [5.74, 6) is 0. The summed E-state index contributed by atoms with van der Waals surface area (Å²) in [5, 5.41) is 10.4. The molecule has 14 heavy (non-hydrogen) atoms. The minimum absolute atomic E-state index is 0.0278. The van der Waals surface area contributed by atoms with Crippen molar-refractivity contribution in [2.45, 2.75) is 27.7 Å². The van der Waals surface area contributed by atoms with Gasteiger partial charge in [0, 0.05) is 16.1 Å². The summed E-state index contributed by atoms with van der Waals surface area (Å²) in [6.07, 6.45) is 3.16. The zero-order valence-electron chi connectivity index (χ0n) is 9.00. The van der Waals surface area contributed by atoms with E-state index >= 15 is 0 Å². The minimum Gasteiger partial charge on any atom is -0.258 e. The molecule has 80 valence electrons. The Labute approximate surface area is 93.5 Å². The molecule has 0 atom stereocenters. The summed E-state index contributed by atoms with van der Waals surface area (Å²) in [7, 11) is 0. The second kappa shape index (κ2) is 8.69. The van der Waals surface area contributed by atoms with Gasteiger partial charge in [0.1, 0.15) is 0 Å². The highest BCUT2D eigenvalue weighted by molar-refractivity contribution is 9.11. The highest BCUT2D eigenvalue weighted by Crippen LogP contribution is 2.14. The van der Waals surface area contributed by atoms with Crippen molar-refractivity contribution in [3.63, 3.8) is 0 Å². The lowest BCUT2D eigenvalue weighted by molar-refractivity contribution is -0.420. The summed E-state index contributed by atoms with van der Waals surface area (Å²) >= 11 is 3.15. The Morgan fingerprint density at radius 2 is 1.93 bits per heavy atom. The van der Waals surface area contributed by atoms with Crippen LogP contribution in [0.25, 0.3) is 0 Å². The van der Waals surface area contributed by atoms with Crippen molar-refractivity contribution in [2.75, 3.05) is 0 Å². The first-order valence-corrected chi connectivity index (χ1v) is 5.12. The van der Waals surface area contributed by atoms with Crippen LogP contribution in [0.4, 0.5) is 0 Å². The molecule has 0 bridgehead atoms. The number of halogens is 1. The summed E-state index contributed by atoms with van der Waals surface area (Å²) in [4.78, 5) is 9.97. The van der Waals surface area contributed by atoms with Crippen molar-refractivity contribution < 1.29 is 4.92 Å². The molecule has 0 aliphatic heterocycles. The molecule has 0 spiro atoms. The molecule has 0 radical (unpaired) electrons. The van der Waals surface area contributed by atoms with E-state index in [1.807, 2.05) is 13.8 Å². The molecule has 0 fully saturated rings. The third kappa shape index (κ3) is 6.60. The fourth-order valence-corrected chi connectivity index (χ4v) is 0.763. The van der Waals surface area contributed by atoms with Crippen molar-refractivity contribution in [1.82, 2.24) is 0 Å². The predicted octanol–water partition coefficient (Wildman–Crippen LogP) is 4.05. The zero-order chi connectivity index (χ0) is 11.7. The average Bonchev–Trinajstić information content (AvgIpc) is 2.15. The molecule has 0 aromatic carbocycles. The van der Waals surface area contributed by atoms with Crippen molar-refractivity contribution in [2.24, 2.45) is 0 Å². The standard InChI is InChI=1S/C8H10BrNO2.C2H6/c1-4-7(9)5-8(6(2)3)10(11)12;1-2/h4-5H,2H2,1,3H3;1-2H3/b7-4+,8-5+;. The van der Waals surface area contributed by atoms with Gasteiger partial charge in [-0.1, -0.05) is 42.4 Å². The van der Waals surface area contributed by atoms with Gasteiger partial charge >= 0.3 is 0 Å². The van der Waals surface area contributed by atoms with Crippen molar-refractivity contribution in [1.29, 1.82) is 0 Å². The van der Waals surface area contributed by atoms with Crippen molar-refractivity contribution in [3.05, 3.63) is 44.6 Å². The molecule has 0 heterocycles. The molecule has 0 saturated heterocycles. The van der Waals surface area contributed by atoms with Gasteiger partial charge in [-0.3, -0.25) is 10.1 Å². The molecule has 4 heteroatoms. The molecule has 0 aliphatic rings. The molecular formula is C10H16BrNO2. The van der Waals surface area contributed by atoms with Crippen LogP contribution < -0.4 is 0 Å². The van der Waals surface area contributed by atoms with E-state index in [9.17, 15) is 10.1 Å². The fourth-order valence-electron chi connectivity index (χ4n) is 0.546. The van der Waals surface area contributed by atoms with Gasteiger partial charge in [0.15, 0.2) is 0 Å². The van der Waals surface area contributed by atoms with Gasteiger partial charge in [-0.15, -0.1) is 0 Å². The highest BCUT2D eigenvalue weighted by atomic mass is 79.9. The SMILES string of the molecule is C=C(C)/C(=C\C(Br)=C/C)[N+](=O)[O-].CC. The lowest BCUT2D eigenvalue weighted by Gasteiger charge is -1.95. The third-order valence-corrected chi connectivity index (χ3v) is 1.87. The summed E-state index contributed by atoms with van der Waals surface area (Å²) < 4.78 is 0.678. The van der Waals surface area contributed by atoms with Crippen LogP contribution in [0.5, 0.6) is 0 Å². The van der Waals surface area contributed by atoms with Crippen LogP contribution >= 0.6 is 15.9 Å². The van der Waals surface area contributed by atoms with E-state index in [0.717, 1.165) is 0 Å². The molecule has 0 aromatic heterocycles. The van der Waals surface area contributed by atoms with E-state index in [-0.39, 0.29) is 5.70 Å². The van der Waals surface area contributed by atoms with Gasteiger partial charge in [-0.2, -0.15) is 0 Å². The Bertz CT molecular complexity index is 251. The molecule has 0 saturated carbocycles. The maximum Gasteiger partial charge on any atom is 0.272 e. The first kappa shape index (κ1) is 15.6. The van der Waals surface area contributed by atoms with Gasteiger partial charge in [-0.25, -0.2) is 0 Å². The molecule has 0 aliphatic carbocycles. The normalized spacial score (nSPS) is 11.5. The second-order valence-electron chi connectivity index (χ2n) is 2.24. The summed E-state index contributed by atoms with van der Waals surface area (Å²) in [5.41, 5.74) is 0.471. The Balaban J connectivity index is 0. The molecule has 3 nitrogen and oxygen atoms in total. The van der Waals surface area contributed by atoms with Crippen LogP contribution in [0.2, 0.25) is 0 Å². The Kier molecular flexibility index (Phi) is 9.66. The van der Waals surface area contributed by atoms with E-state index in [0.29, 0.717) is 10.1 Å². The van der Waals surface area contributed by atoms with Gasteiger partial charge in [-0.05, 0) is 13.8 Å². The number of rotatable bonds is 3. The maximum absolute atomic E-state index is 10.4. The second-order valence-corrected chi connectivity index (χ2v) is 3.16. The largest absolute Gasteiger partial charge is 0.272 e. The van der Waals surface area contributed by atoms with Crippen LogP contribution in [0.1, 0.15) is 27.7 Å². The first-order valence-electron chi connectivity index (χ1n) is 4.32. The van der Waals surface area contributed by atoms with Crippen LogP contribution in [-0.4, -0.2) is 4.92 Å². The Morgan fingerprint density at radius 1 is 1.50 bits per heavy atom. The number of allylic oxidation sites excluding steroid dienone is 4. The smallest absolute Gasteiger partial charge is 0.258 e. The molecule has 0 aromatic rings. The zero-order valence-corrected chi connectivity index (χ0v) is 10.6. The van der Waals surface area contributed by atoms with Crippen LogP contribution in [0, 0.1) is 10.1 Å². The topological polar surface area (TPSA) is 43.1 Å². The monoisotopic (exact) mass is 261 g/mol. The molecule has 0 amide bonds. The van der Waals surface area contributed by atoms with Gasteiger partial charge in [0.05, 0.1) is 4.92 Å². The number of hydrogen-bond acceptors (Lipinski definition) is 2. The number of nitrogens with zero attached hydrogens (tertiary/aromatic N) is 1. The van der Waals surface area contributed by atoms with Crippen LogP contribution in [0.15, 0.2) is 34.5 Å². The van der Waals surface area contributed by atoms with E-state index in [4.69, 9.17) is 0 Å². The third-order valence-electron chi connectivity index (χ3n) is 1.18. The molecular weight excluding hydrogens is 246 g/mol. The molecule has 0 unspecified atom stereocenters. The Morgan fingerprint density at radius 3 is 2.14 bits per heavy atom.